The van der Waals surface area contributed by atoms with Gasteiger partial charge in [0.1, 0.15) is 6.04 Å². The van der Waals surface area contributed by atoms with Crippen LogP contribution in [0, 0.1) is 0 Å². The summed E-state index contributed by atoms with van der Waals surface area (Å²) in [5.74, 6) is -2.44. The van der Waals surface area contributed by atoms with Crippen LogP contribution in [0.2, 0.25) is 0 Å². The molecule has 1 fully saturated rings. The molecule has 1 unspecified atom stereocenters. The Labute approximate surface area is 115 Å². The summed E-state index contributed by atoms with van der Waals surface area (Å²) in [6, 6.07) is -2.24. The normalized spacial score (nSPS) is 15.5. The highest BCUT2D eigenvalue weighted by molar-refractivity contribution is 5.89. The Morgan fingerprint density at radius 1 is 1.20 bits per heavy atom. The van der Waals surface area contributed by atoms with Gasteiger partial charge in [0.05, 0.1) is 13.0 Å². The van der Waals surface area contributed by atoms with Gasteiger partial charge in [0, 0.05) is 13.1 Å². The largest absolute Gasteiger partial charge is 0.480 e. The van der Waals surface area contributed by atoms with Crippen molar-refractivity contribution in [1.29, 1.82) is 0 Å². The molecule has 0 radical (unpaired) electrons. The third-order valence-electron chi connectivity index (χ3n) is 2.87. The number of rotatable bonds is 6. The molecule has 1 aliphatic rings. The van der Waals surface area contributed by atoms with Crippen LogP contribution in [0.4, 0.5) is 4.79 Å². The Balaban J connectivity index is 2.35. The topological polar surface area (TPSA) is 142 Å². The Bertz CT molecular complexity index is 406. The maximum absolute atomic E-state index is 11.6. The molecule has 1 heterocycles. The van der Waals surface area contributed by atoms with Crippen molar-refractivity contribution in [2.75, 3.05) is 19.6 Å². The van der Waals surface area contributed by atoms with Gasteiger partial charge in [0.25, 0.3) is 0 Å². The standard InChI is InChI=1S/C11H18N4O5/c12-8(16)5-7(10(18)19)14-11(20)13-6-9(17)15-3-1-2-4-15/h7H,1-6H2,(H2,12,16)(H,18,19)(H2,13,14,20). The van der Waals surface area contributed by atoms with Crippen LogP contribution in [0.1, 0.15) is 19.3 Å². The Morgan fingerprint density at radius 2 is 1.80 bits per heavy atom. The fourth-order valence-corrected chi connectivity index (χ4v) is 1.84. The van der Waals surface area contributed by atoms with E-state index in [-0.39, 0.29) is 12.5 Å². The fourth-order valence-electron chi connectivity index (χ4n) is 1.84. The summed E-state index contributed by atoms with van der Waals surface area (Å²) >= 11 is 0. The third-order valence-corrected chi connectivity index (χ3v) is 2.87. The van der Waals surface area contributed by atoms with Gasteiger partial charge in [-0.25, -0.2) is 9.59 Å². The van der Waals surface area contributed by atoms with E-state index in [9.17, 15) is 19.2 Å². The summed E-state index contributed by atoms with van der Waals surface area (Å²) in [4.78, 5) is 46.2. The zero-order valence-electron chi connectivity index (χ0n) is 10.9. The maximum Gasteiger partial charge on any atom is 0.326 e. The zero-order valence-corrected chi connectivity index (χ0v) is 10.9. The van der Waals surface area contributed by atoms with E-state index in [1.54, 1.807) is 4.90 Å². The average Bonchev–Trinajstić information content (AvgIpc) is 2.88. The molecule has 1 atom stereocenters. The second kappa shape index (κ2) is 7.31. The molecular formula is C11H18N4O5. The molecule has 0 aliphatic carbocycles. The number of nitrogens with one attached hydrogen (secondary N) is 2. The molecular weight excluding hydrogens is 268 g/mol. The van der Waals surface area contributed by atoms with Gasteiger partial charge in [-0.2, -0.15) is 0 Å². The van der Waals surface area contributed by atoms with Crippen LogP contribution in [0.15, 0.2) is 0 Å². The van der Waals surface area contributed by atoms with E-state index in [0.717, 1.165) is 12.8 Å². The zero-order chi connectivity index (χ0) is 15.1. The second-order valence-corrected chi connectivity index (χ2v) is 4.48. The van der Waals surface area contributed by atoms with E-state index in [1.165, 1.54) is 0 Å². The van der Waals surface area contributed by atoms with Gasteiger partial charge in [-0.3, -0.25) is 9.59 Å². The number of carboxylic acid groups (broad SMARTS) is 1. The first-order chi connectivity index (χ1) is 9.40. The number of likely N-dealkylation sites (tertiary alicyclic amines) is 1. The Hall–Kier alpha value is -2.32. The minimum atomic E-state index is -1.41. The number of urea groups is 1. The monoisotopic (exact) mass is 286 g/mol. The maximum atomic E-state index is 11.6. The highest BCUT2D eigenvalue weighted by Crippen LogP contribution is 2.06. The predicted molar refractivity (Wildman–Crippen MR) is 67.6 cm³/mol. The van der Waals surface area contributed by atoms with Crippen LogP contribution < -0.4 is 16.4 Å². The molecule has 112 valence electrons. The number of carboxylic acids is 1. The van der Waals surface area contributed by atoms with Crippen LogP contribution in [0.25, 0.3) is 0 Å². The number of carbonyl (C=O) groups excluding carboxylic acids is 3. The lowest BCUT2D eigenvalue weighted by molar-refractivity contribution is -0.140. The van der Waals surface area contributed by atoms with Crippen molar-refractivity contribution in [3.05, 3.63) is 0 Å². The van der Waals surface area contributed by atoms with Gasteiger partial charge in [-0.1, -0.05) is 0 Å². The van der Waals surface area contributed by atoms with Gasteiger partial charge >= 0.3 is 12.0 Å². The number of hydrogen-bond donors (Lipinski definition) is 4. The molecule has 9 nitrogen and oxygen atoms in total. The molecule has 0 bridgehead atoms. The van der Waals surface area contributed by atoms with E-state index in [1.807, 2.05) is 0 Å². The average molecular weight is 286 g/mol. The summed E-state index contributed by atoms with van der Waals surface area (Å²) < 4.78 is 0. The highest BCUT2D eigenvalue weighted by Gasteiger charge is 2.23. The number of carbonyl (C=O) groups is 4. The number of amides is 4. The quantitative estimate of drug-likeness (QED) is 0.457. The van der Waals surface area contributed by atoms with Gasteiger partial charge in [0.2, 0.25) is 11.8 Å². The summed E-state index contributed by atoms with van der Waals surface area (Å²) in [5.41, 5.74) is 4.88. The van der Waals surface area contributed by atoms with Crippen LogP contribution in [0.3, 0.4) is 0 Å². The summed E-state index contributed by atoms with van der Waals surface area (Å²) in [5, 5.41) is 13.1. The molecule has 0 aromatic heterocycles. The number of nitrogens with two attached hydrogens (primary N) is 1. The smallest absolute Gasteiger partial charge is 0.326 e. The Kier molecular flexibility index (Phi) is 5.75. The van der Waals surface area contributed by atoms with Crippen molar-refractivity contribution < 1.29 is 24.3 Å². The van der Waals surface area contributed by atoms with Crippen molar-refractivity contribution in [2.24, 2.45) is 5.73 Å². The van der Waals surface area contributed by atoms with E-state index in [2.05, 4.69) is 10.6 Å². The van der Waals surface area contributed by atoms with Gasteiger partial charge in [-0.05, 0) is 12.8 Å². The number of hydrogen-bond acceptors (Lipinski definition) is 4. The van der Waals surface area contributed by atoms with Crippen LogP contribution >= 0.6 is 0 Å². The first kappa shape index (κ1) is 15.7. The van der Waals surface area contributed by atoms with Crippen LogP contribution in [0.5, 0.6) is 0 Å². The van der Waals surface area contributed by atoms with Crippen molar-refractivity contribution in [2.45, 2.75) is 25.3 Å². The van der Waals surface area contributed by atoms with Crippen LogP contribution in [-0.2, 0) is 14.4 Å². The SMILES string of the molecule is NC(=O)CC(NC(=O)NCC(=O)N1CCCC1)C(=O)O. The third kappa shape index (κ3) is 5.12. The van der Waals surface area contributed by atoms with Crippen molar-refractivity contribution >= 4 is 23.8 Å². The lowest BCUT2D eigenvalue weighted by atomic mass is 10.2. The first-order valence-corrected chi connectivity index (χ1v) is 6.23. The second-order valence-electron chi connectivity index (χ2n) is 4.48. The predicted octanol–water partition coefficient (Wildman–Crippen LogP) is -1.76. The minimum Gasteiger partial charge on any atom is -0.480 e. The number of nitrogens with zero attached hydrogens (tertiary/aromatic N) is 1. The molecule has 1 rings (SSSR count). The lowest BCUT2D eigenvalue weighted by Crippen LogP contribution is -2.49. The molecule has 0 saturated carbocycles. The number of aliphatic carboxylic acids is 1. The van der Waals surface area contributed by atoms with Crippen molar-refractivity contribution in [3.63, 3.8) is 0 Å². The van der Waals surface area contributed by atoms with Gasteiger partial charge < -0.3 is 26.4 Å². The molecule has 0 spiro atoms. The van der Waals surface area contributed by atoms with Gasteiger partial charge in [0.15, 0.2) is 0 Å². The molecule has 0 aromatic rings. The van der Waals surface area contributed by atoms with E-state index in [0.29, 0.717) is 13.1 Å². The minimum absolute atomic E-state index is 0.214. The summed E-state index contributed by atoms with van der Waals surface area (Å²) in [6.07, 6.45) is 1.37. The summed E-state index contributed by atoms with van der Waals surface area (Å²) in [6.45, 7) is 1.12. The van der Waals surface area contributed by atoms with E-state index >= 15 is 0 Å². The molecule has 9 heteroatoms. The van der Waals surface area contributed by atoms with Crippen LogP contribution in [-0.4, -0.2) is 59.5 Å². The molecule has 1 aliphatic heterocycles. The Morgan fingerprint density at radius 3 is 2.30 bits per heavy atom. The molecule has 1 saturated heterocycles. The van der Waals surface area contributed by atoms with E-state index in [4.69, 9.17) is 10.8 Å². The molecule has 0 aromatic carbocycles. The van der Waals surface area contributed by atoms with E-state index < -0.39 is 30.4 Å². The fraction of sp³-hybridized carbons (Fsp3) is 0.636. The molecule has 20 heavy (non-hydrogen) atoms. The summed E-state index contributed by atoms with van der Waals surface area (Å²) in [7, 11) is 0. The highest BCUT2D eigenvalue weighted by atomic mass is 16.4. The van der Waals surface area contributed by atoms with Crippen molar-refractivity contribution in [3.8, 4) is 0 Å². The van der Waals surface area contributed by atoms with Crippen molar-refractivity contribution in [1.82, 2.24) is 15.5 Å². The molecule has 4 amide bonds. The van der Waals surface area contributed by atoms with Gasteiger partial charge in [-0.15, -0.1) is 0 Å². The first-order valence-electron chi connectivity index (χ1n) is 6.23. The number of primary amides is 1. The lowest BCUT2D eigenvalue weighted by Gasteiger charge is -2.17. The molecule has 5 N–H and O–H groups in total.